The minimum absolute atomic E-state index is 0.0878. The van der Waals surface area contributed by atoms with Crippen LogP contribution in [0.25, 0.3) is 17.1 Å². The second-order valence-corrected chi connectivity index (χ2v) is 8.14. The first kappa shape index (κ1) is 19.9. The second-order valence-electron chi connectivity index (χ2n) is 6.77. The van der Waals surface area contributed by atoms with Gasteiger partial charge in [0.1, 0.15) is 0 Å². The fourth-order valence-corrected chi connectivity index (χ4v) is 4.09. The molecule has 0 N–H and O–H groups in total. The second kappa shape index (κ2) is 8.98. The first-order valence-corrected chi connectivity index (χ1v) is 10.7. The Morgan fingerprint density at radius 1 is 1.07 bits per heavy atom. The number of thioether (sulfide) groups is 1. The summed E-state index contributed by atoms with van der Waals surface area (Å²) in [5.74, 6) is 1.11. The summed E-state index contributed by atoms with van der Waals surface area (Å²) in [6, 6.07) is 15.7. The highest BCUT2D eigenvalue weighted by molar-refractivity contribution is 7.99. The van der Waals surface area contributed by atoms with Gasteiger partial charge < -0.3 is 9.64 Å². The summed E-state index contributed by atoms with van der Waals surface area (Å²) < 4.78 is 7.31. The van der Waals surface area contributed by atoms with Crippen LogP contribution in [0, 0.1) is 6.92 Å². The van der Waals surface area contributed by atoms with Crippen molar-refractivity contribution in [1.29, 1.82) is 0 Å². The molecule has 1 fully saturated rings. The first-order valence-electron chi connectivity index (χ1n) is 9.38. The van der Waals surface area contributed by atoms with Crippen LogP contribution in [0.5, 0.6) is 0 Å². The van der Waals surface area contributed by atoms with E-state index in [9.17, 15) is 4.79 Å². The molecule has 2 aromatic carbocycles. The molecular weight excluding hydrogens is 408 g/mol. The lowest BCUT2D eigenvalue weighted by molar-refractivity contribution is -0.132. The molecule has 0 unspecified atom stereocenters. The zero-order chi connectivity index (χ0) is 20.2. The third-order valence-electron chi connectivity index (χ3n) is 4.72. The number of hydrogen-bond acceptors (Lipinski definition) is 5. The van der Waals surface area contributed by atoms with Crippen molar-refractivity contribution < 1.29 is 9.53 Å². The Labute approximate surface area is 178 Å². The summed E-state index contributed by atoms with van der Waals surface area (Å²) in [7, 11) is 0. The van der Waals surface area contributed by atoms with Gasteiger partial charge in [-0.1, -0.05) is 41.1 Å². The van der Waals surface area contributed by atoms with Crippen molar-refractivity contribution in [1.82, 2.24) is 19.7 Å². The molecule has 8 heteroatoms. The average molecular weight is 429 g/mol. The van der Waals surface area contributed by atoms with Gasteiger partial charge in [0.05, 0.1) is 19.0 Å². The average Bonchev–Trinajstić information content (AvgIpc) is 3.17. The normalized spacial score (nSPS) is 14.2. The highest BCUT2D eigenvalue weighted by Crippen LogP contribution is 2.29. The van der Waals surface area contributed by atoms with Gasteiger partial charge in [0.25, 0.3) is 0 Å². The number of aryl methyl sites for hydroxylation is 1. The quantitative estimate of drug-likeness (QED) is 0.578. The van der Waals surface area contributed by atoms with Crippen molar-refractivity contribution in [3.63, 3.8) is 0 Å². The zero-order valence-corrected chi connectivity index (χ0v) is 17.6. The van der Waals surface area contributed by atoms with Gasteiger partial charge in [0.15, 0.2) is 11.0 Å². The molecule has 1 aliphatic heterocycles. The lowest BCUT2D eigenvalue weighted by Crippen LogP contribution is -2.41. The maximum Gasteiger partial charge on any atom is 0.233 e. The number of halogens is 1. The van der Waals surface area contributed by atoms with Gasteiger partial charge in [-0.2, -0.15) is 0 Å². The van der Waals surface area contributed by atoms with Crippen molar-refractivity contribution in [3.8, 4) is 17.1 Å². The largest absolute Gasteiger partial charge is 0.378 e. The Bertz CT molecular complexity index is 983. The van der Waals surface area contributed by atoms with E-state index in [1.54, 1.807) is 0 Å². The molecule has 0 spiro atoms. The molecule has 1 saturated heterocycles. The number of carbonyl (C=O) groups is 1. The zero-order valence-electron chi connectivity index (χ0n) is 16.0. The highest BCUT2D eigenvalue weighted by atomic mass is 35.5. The van der Waals surface area contributed by atoms with Crippen LogP contribution < -0.4 is 0 Å². The Morgan fingerprint density at radius 2 is 1.76 bits per heavy atom. The van der Waals surface area contributed by atoms with Gasteiger partial charge in [-0.3, -0.25) is 9.36 Å². The molecule has 3 aromatic rings. The molecule has 1 aromatic heterocycles. The summed E-state index contributed by atoms with van der Waals surface area (Å²) in [6.45, 7) is 4.51. The molecule has 0 aliphatic carbocycles. The molecule has 6 nitrogen and oxygen atoms in total. The van der Waals surface area contributed by atoms with Crippen LogP contribution in [0.15, 0.2) is 53.7 Å². The summed E-state index contributed by atoms with van der Waals surface area (Å²) in [6.07, 6.45) is 0. The predicted molar refractivity (Wildman–Crippen MR) is 115 cm³/mol. The Hall–Kier alpha value is -2.35. The van der Waals surface area contributed by atoms with E-state index in [1.165, 1.54) is 17.3 Å². The summed E-state index contributed by atoms with van der Waals surface area (Å²) in [4.78, 5) is 14.4. The molecule has 0 radical (unpaired) electrons. The third-order valence-corrected chi connectivity index (χ3v) is 5.88. The van der Waals surface area contributed by atoms with Gasteiger partial charge in [-0.05, 0) is 43.3 Å². The molecule has 150 valence electrons. The van der Waals surface area contributed by atoms with Gasteiger partial charge >= 0.3 is 0 Å². The highest BCUT2D eigenvalue weighted by Gasteiger charge is 2.20. The van der Waals surface area contributed by atoms with Crippen LogP contribution in [-0.4, -0.2) is 57.6 Å². The lowest BCUT2D eigenvalue weighted by Gasteiger charge is -2.26. The van der Waals surface area contributed by atoms with Gasteiger partial charge in [-0.25, -0.2) is 0 Å². The number of hydrogen-bond donors (Lipinski definition) is 0. The SMILES string of the molecule is Cc1ccc(-n2c(SCC(=O)N3CCOCC3)nnc2-c2ccc(Cl)cc2)cc1. The van der Waals surface area contributed by atoms with Crippen molar-refractivity contribution in [2.24, 2.45) is 0 Å². The number of morpholine rings is 1. The molecular formula is C21H21ClN4O2S. The van der Waals surface area contributed by atoms with E-state index in [0.717, 1.165) is 11.3 Å². The third kappa shape index (κ3) is 4.63. The van der Waals surface area contributed by atoms with Crippen LogP contribution in [0.4, 0.5) is 0 Å². The van der Waals surface area contributed by atoms with E-state index in [2.05, 4.69) is 10.2 Å². The molecule has 2 heterocycles. The predicted octanol–water partition coefficient (Wildman–Crippen LogP) is 3.85. The molecule has 4 rings (SSSR count). The lowest BCUT2D eigenvalue weighted by atomic mass is 10.2. The minimum Gasteiger partial charge on any atom is -0.378 e. The summed E-state index contributed by atoms with van der Waals surface area (Å²) >= 11 is 7.44. The maximum atomic E-state index is 12.6. The minimum atomic E-state index is 0.0878. The van der Waals surface area contributed by atoms with Crippen molar-refractivity contribution in [2.75, 3.05) is 32.1 Å². The molecule has 1 aliphatic rings. The number of rotatable bonds is 5. The van der Waals surface area contributed by atoms with E-state index < -0.39 is 0 Å². The summed E-state index contributed by atoms with van der Waals surface area (Å²) in [5, 5.41) is 10.1. The van der Waals surface area contributed by atoms with Crippen molar-refractivity contribution in [3.05, 3.63) is 59.1 Å². The fraction of sp³-hybridized carbons (Fsp3) is 0.286. The van der Waals surface area contributed by atoms with Gasteiger partial charge in [-0.15, -0.1) is 10.2 Å². The monoisotopic (exact) mass is 428 g/mol. The Kier molecular flexibility index (Phi) is 6.18. The van der Waals surface area contributed by atoms with Crippen molar-refractivity contribution >= 4 is 29.3 Å². The first-order chi connectivity index (χ1) is 14.1. The number of carbonyl (C=O) groups excluding carboxylic acids is 1. The summed E-state index contributed by atoms with van der Waals surface area (Å²) in [5.41, 5.74) is 3.03. The van der Waals surface area contributed by atoms with E-state index in [4.69, 9.17) is 16.3 Å². The van der Waals surface area contributed by atoms with Gasteiger partial charge in [0.2, 0.25) is 5.91 Å². The smallest absolute Gasteiger partial charge is 0.233 e. The molecule has 0 bridgehead atoms. The molecule has 0 saturated carbocycles. The van der Waals surface area contributed by atoms with Crippen LogP contribution >= 0.6 is 23.4 Å². The fourth-order valence-electron chi connectivity index (χ4n) is 3.11. The van der Waals surface area contributed by atoms with Crippen LogP contribution in [-0.2, 0) is 9.53 Å². The number of benzene rings is 2. The number of nitrogens with zero attached hydrogens (tertiary/aromatic N) is 4. The number of ether oxygens (including phenoxy) is 1. The molecule has 1 amide bonds. The standard InChI is InChI=1S/C21H21ClN4O2S/c1-15-2-8-18(9-3-15)26-20(16-4-6-17(22)7-5-16)23-24-21(26)29-14-19(27)25-10-12-28-13-11-25/h2-9H,10-14H2,1H3. The Balaban J connectivity index is 1.63. The molecule has 29 heavy (non-hydrogen) atoms. The molecule has 0 atom stereocenters. The van der Waals surface area contributed by atoms with Crippen LogP contribution in [0.3, 0.4) is 0 Å². The topological polar surface area (TPSA) is 60.2 Å². The Morgan fingerprint density at radius 3 is 2.45 bits per heavy atom. The van der Waals surface area contributed by atoms with Crippen molar-refractivity contribution in [2.45, 2.75) is 12.1 Å². The van der Waals surface area contributed by atoms with E-state index in [-0.39, 0.29) is 5.91 Å². The number of aromatic nitrogens is 3. The van der Waals surface area contributed by atoms with E-state index >= 15 is 0 Å². The van der Waals surface area contributed by atoms with Crippen LogP contribution in [0.1, 0.15) is 5.56 Å². The maximum absolute atomic E-state index is 12.6. The van der Waals surface area contributed by atoms with Crippen LogP contribution in [0.2, 0.25) is 5.02 Å². The van der Waals surface area contributed by atoms with Gasteiger partial charge in [0, 0.05) is 29.4 Å². The van der Waals surface area contributed by atoms with E-state index in [1.807, 2.05) is 64.9 Å². The number of amides is 1. The van der Waals surface area contributed by atoms with E-state index in [0.29, 0.717) is 48.1 Å².